The third kappa shape index (κ3) is 3.95. The monoisotopic (exact) mass is 296 g/mol. The van der Waals surface area contributed by atoms with Gasteiger partial charge in [0.15, 0.2) is 0 Å². The van der Waals surface area contributed by atoms with Crippen LogP contribution in [0.4, 0.5) is 0 Å². The highest BCUT2D eigenvalue weighted by molar-refractivity contribution is 5.17. The molecule has 1 aliphatic heterocycles. The van der Waals surface area contributed by atoms with Gasteiger partial charge in [0.05, 0.1) is 13.2 Å². The van der Waals surface area contributed by atoms with Crippen molar-refractivity contribution in [2.75, 3.05) is 19.8 Å². The fourth-order valence-electron chi connectivity index (χ4n) is 3.09. The van der Waals surface area contributed by atoms with Crippen molar-refractivity contribution in [1.82, 2.24) is 4.90 Å². The van der Waals surface area contributed by atoms with Gasteiger partial charge in [0.2, 0.25) is 0 Å². The van der Waals surface area contributed by atoms with Crippen molar-refractivity contribution in [3.8, 4) is 0 Å². The van der Waals surface area contributed by atoms with E-state index in [2.05, 4.69) is 59.5 Å². The van der Waals surface area contributed by atoms with E-state index in [1.165, 1.54) is 11.1 Å². The van der Waals surface area contributed by atoms with Crippen molar-refractivity contribution >= 4 is 0 Å². The third-order valence-corrected chi connectivity index (χ3v) is 4.32. The van der Waals surface area contributed by atoms with Gasteiger partial charge in [0.1, 0.15) is 0 Å². The normalized spacial score (nSPS) is 20.7. The van der Waals surface area contributed by atoms with Crippen LogP contribution in [0.1, 0.15) is 11.1 Å². The van der Waals surface area contributed by atoms with Crippen LogP contribution < -0.4 is 5.73 Å². The standard InChI is InChI=1S/C19H24N2O/c20-18(13-16-7-3-1-4-8-16)19-15-22-12-11-21(19)14-17-9-5-2-6-10-17/h1-10,18-19H,11-15,20H2. The molecule has 0 aromatic heterocycles. The summed E-state index contributed by atoms with van der Waals surface area (Å²) in [6, 6.07) is 21.4. The van der Waals surface area contributed by atoms with Crippen molar-refractivity contribution < 1.29 is 4.74 Å². The Bertz CT molecular complexity index is 558. The number of nitrogens with zero attached hydrogens (tertiary/aromatic N) is 1. The van der Waals surface area contributed by atoms with Crippen LogP contribution in [0, 0.1) is 0 Å². The number of morpholine rings is 1. The van der Waals surface area contributed by atoms with Gasteiger partial charge in [-0.3, -0.25) is 4.90 Å². The molecule has 0 spiro atoms. The zero-order chi connectivity index (χ0) is 15.2. The Morgan fingerprint density at radius 1 is 1.00 bits per heavy atom. The topological polar surface area (TPSA) is 38.5 Å². The predicted molar refractivity (Wildman–Crippen MR) is 89.6 cm³/mol. The molecule has 1 heterocycles. The van der Waals surface area contributed by atoms with Crippen LogP contribution in [0.2, 0.25) is 0 Å². The molecule has 0 amide bonds. The van der Waals surface area contributed by atoms with Gasteiger partial charge in [-0.1, -0.05) is 60.7 Å². The average Bonchev–Trinajstić information content (AvgIpc) is 2.57. The molecule has 2 aromatic rings. The van der Waals surface area contributed by atoms with E-state index in [4.69, 9.17) is 10.5 Å². The van der Waals surface area contributed by atoms with Crippen LogP contribution >= 0.6 is 0 Å². The summed E-state index contributed by atoms with van der Waals surface area (Å²) in [5.41, 5.74) is 9.13. The molecular formula is C19H24N2O. The van der Waals surface area contributed by atoms with E-state index in [1.54, 1.807) is 0 Å². The number of hydrogen-bond acceptors (Lipinski definition) is 3. The molecule has 116 valence electrons. The van der Waals surface area contributed by atoms with Crippen molar-refractivity contribution in [3.63, 3.8) is 0 Å². The lowest BCUT2D eigenvalue weighted by Crippen LogP contribution is -2.54. The Labute approximate surface area is 132 Å². The molecule has 3 heteroatoms. The summed E-state index contributed by atoms with van der Waals surface area (Å²) in [6.07, 6.45) is 0.889. The van der Waals surface area contributed by atoms with Gasteiger partial charge in [-0.25, -0.2) is 0 Å². The second kappa shape index (κ2) is 7.54. The van der Waals surface area contributed by atoms with Crippen LogP contribution in [0.5, 0.6) is 0 Å². The number of nitrogens with two attached hydrogens (primary N) is 1. The van der Waals surface area contributed by atoms with Crippen LogP contribution in [0.25, 0.3) is 0 Å². The molecule has 1 saturated heterocycles. The molecule has 22 heavy (non-hydrogen) atoms. The minimum atomic E-state index is 0.0893. The molecule has 1 fully saturated rings. The second-order valence-electron chi connectivity index (χ2n) is 5.95. The molecule has 2 unspecified atom stereocenters. The minimum absolute atomic E-state index is 0.0893. The quantitative estimate of drug-likeness (QED) is 0.921. The molecule has 3 nitrogen and oxygen atoms in total. The summed E-state index contributed by atoms with van der Waals surface area (Å²) >= 11 is 0. The van der Waals surface area contributed by atoms with Gasteiger partial charge in [0, 0.05) is 25.2 Å². The second-order valence-corrected chi connectivity index (χ2v) is 5.95. The summed E-state index contributed by atoms with van der Waals surface area (Å²) in [5.74, 6) is 0. The van der Waals surface area contributed by atoms with Gasteiger partial charge < -0.3 is 10.5 Å². The maximum atomic E-state index is 6.50. The predicted octanol–water partition coefficient (Wildman–Crippen LogP) is 2.46. The fraction of sp³-hybridized carbons (Fsp3) is 0.368. The first-order valence-electron chi connectivity index (χ1n) is 7.98. The van der Waals surface area contributed by atoms with Gasteiger partial charge in [-0.2, -0.15) is 0 Å². The van der Waals surface area contributed by atoms with E-state index in [1.807, 2.05) is 6.07 Å². The third-order valence-electron chi connectivity index (χ3n) is 4.32. The first-order chi connectivity index (χ1) is 10.8. The first kappa shape index (κ1) is 15.2. The Morgan fingerprint density at radius 3 is 2.32 bits per heavy atom. The van der Waals surface area contributed by atoms with Crippen molar-refractivity contribution in [2.45, 2.75) is 25.0 Å². The summed E-state index contributed by atoms with van der Waals surface area (Å²) in [4.78, 5) is 2.46. The number of hydrogen-bond donors (Lipinski definition) is 1. The molecule has 2 aromatic carbocycles. The molecule has 0 aliphatic carbocycles. The van der Waals surface area contributed by atoms with Gasteiger partial charge in [-0.15, -0.1) is 0 Å². The first-order valence-corrected chi connectivity index (χ1v) is 7.98. The number of benzene rings is 2. The Hall–Kier alpha value is -1.68. The minimum Gasteiger partial charge on any atom is -0.378 e. The molecule has 3 rings (SSSR count). The van der Waals surface area contributed by atoms with E-state index in [0.717, 1.165) is 32.7 Å². The maximum absolute atomic E-state index is 6.50. The lowest BCUT2D eigenvalue weighted by molar-refractivity contribution is -0.0207. The average molecular weight is 296 g/mol. The smallest absolute Gasteiger partial charge is 0.0637 e. The van der Waals surface area contributed by atoms with Crippen LogP contribution in [0.3, 0.4) is 0 Å². The largest absolute Gasteiger partial charge is 0.378 e. The summed E-state index contributed by atoms with van der Waals surface area (Å²) in [7, 11) is 0. The van der Waals surface area contributed by atoms with Gasteiger partial charge >= 0.3 is 0 Å². The van der Waals surface area contributed by atoms with Crippen molar-refractivity contribution in [1.29, 1.82) is 0 Å². The zero-order valence-corrected chi connectivity index (χ0v) is 12.9. The number of ether oxygens (including phenoxy) is 1. The van der Waals surface area contributed by atoms with E-state index < -0.39 is 0 Å². The van der Waals surface area contributed by atoms with Crippen LogP contribution in [-0.4, -0.2) is 36.7 Å². The van der Waals surface area contributed by atoms with Gasteiger partial charge in [-0.05, 0) is 17.5 Å². The molecule has 0 saturated carbocycles. The Balaban J connectivity index is 1.66. The highest BCUT2D eigenvalue weighted by Crippen LogP contribution is 2.16. The molecule has 1 aliphatic rings. The maximum Gasteiger partial charge on any atom is 0.0637 e. The lowest BCUT2D eigenvalue weighted by Gasteiger charge is -2.39. The van der Waals surface area contributed by atoms with Crippen molar-refractivity contribution in [3.05, 3.63) is 71.8 Å². The van der Waals surface area contributed by atoms with Crippen LogP contribution in [-0.2, 0) is 17.7 Å². The number of rotatable bonds is 5. The SMILES string of the molecule is NC(Cc1ccccc1)C1COCCN1Cc1ccccc1. The summed E-state index contributed by atoms with van der Waals surface area (Å²) in [6.45, 7) is 3.40. The highest BCUT2D eigenvalue weighted by Gasteiger charge is 2.28. The molecule has 2 atom stereocenters. The lowest BCUT2D eigenvalue weighted by atomic mass is 9.98. The molecule has 0 radical (unpaired) electrons. The van der Waals surface area contributed by atoms with E-state index >= 15 is 0 Å². The molecular weight excluding hydrogens is 272 g/mol. The fourth-order valence-corrected chi connectivity index (χ4v) is 3.09. The van der Waals surface area contributed by atoms with Gasteiger partial charge in [0.25, 0.3) is 0 Å². The van der Waals surface area contributed by atoms with E-state index in [0.29, 0.717) is 0 Å². The van der Waals surface area contributed by atoms with E-state index in [-0.39, 0.29) is 12.1 Å². The van der Waals surface area contributed by atoms with Crippen molar-refractivity contribution in [2.24, 2.45) is 5.73 Å². The summed E-state index contributed by atoms with van der Waals surface area (Å²) < 4.78 is 5.69. The highest BCUT2D eigenvalue weighted by atomic mass is 16.5. The van der Waals surface area contributed by atoms with Crippen LogP contribution in [0.15, 0.2) is 60.7 Å². The molecule has 0 bridgehead atoms. The zero-order valence-electron chi connectivity index (χ0n) is 12.9. The molecule has 2 N–H and O–H groups in total. The van der Waals surface area contributed by atoms with E-state index in [9.17, 15) is 0 Å². The Morgan fingerprint density at radius 2 is 1.64 bits per heavy atom. The Kier molecular flexibility index (Phi) is 5.22. The summed E-state index contributed by atoms with van der Waals surface area (Å²) in [5, 5.41) is 0.